The first-order valence-electron chi connectivity index (χ1n) is 6.82. The molecule has 2 aromatic rings. The lowest BCUT2D eigenvalue weighted by atomic mass is 10.1. The molecule has 0 saturated heterocycles. The Hall–Kier alpha value is -2.26. The van der Waals surface area contributed by atoms with Crippen molar-refractivity contribution in [3.63, 3.8) is 0 Å². The van der Waals surface area contributed by atoms with E-state index in [0.717, 1.165) is 9.24 Å². The van der Waals surface area contributed by atoms with Crippen LogP contribution >= 0.6 is 23.1 Å². The van der Waals surface area contributed by atoms with Crippen LogP contribution in [0.2, 0.25) is 0 Å². The van der Waals surface area contributed by atoms with Crippen LogP contribution in [0.4, 0.5) is 5.69 Å². The molecule has 0 bridgehead atoms. The molecule has 0 saturated carbocycles. The van der Waals surface area contributed by atoms with E-state index in [1.807, 2.05) is 24.3 Å². The van der Waals surface area contributed by atoms with Crippen molar-refractivity contribution >= 4 is 46.3 Å². The molecular weight excluding hydrogens is 334 g/mol. The summed E-state index contributed by atoms with van der Waals surface area (Å²) in [5.74, 6) is -0.386. The molecule has 2 heterocycles. The molecule has 0 unspecified atom stereocenters. The van der Waals surface area contributed by atoms with Gasteiger partial charge in [-0.25, -0.2) is 5.01 Å². The maximum atomic E-state index is 12.4. The lowest BCUT2D eigenvalue weighted by molar-refractivity contribution is -0.130. The molecule has 0 atom stereocenters. The fraction of sp³-hybridized carbons (Fsp3) is 0.214. The third-order valence-corrected chi connectivity index (χ3v) is 5.00. The summed E-state index contributed by atoms with van der Waals surface area (Å²) >= 11 is 2.87. The molecule has 9 heteroatoms. The number of benzene rings is 1. The minimum Gasteiger partial charge on any atom is -0.320 e. The van der Waals surface area contributed by atoms with Gasteiger partial charge in [0.05, 0.1) is 5.69 Å². The van der Waals surface area contributed by atoms with E-state index in [9.17, 15) is 9.59 Å². The van der Waals surface area contributed by atoms with Gasteiger partial charge in [0.2, 0.25) is 5.91 Å². The van der Waals surface area contributed by atoms with Crippen molar-refractivity contribution < 1.29 is 9.59 Å². The first-order chi connectivity index (χ1) is 11.1. The zero-order valence-corrected chi connectivity index (χ0v) is 13.9. The van der Waals surface area contributed by atoms with Gasteiger partial charge in [-0.15, -0.1) is 10.2 Å². The molecule has 1 aliphatic rings. The number of para-hydroxylation sites is 1. The molecule has 0 radical (unpaired) electrons. The Bertz CT molecular complexity index is 760. The molecule has 23 heavy (non-hydrogen) atoms. The molecule has 0 spiro atoms. The second-order valence-corrected chi connectivity index (χ2v) is 6.84. The second kappa shape index (κ2) is 6.88. The Labute approximate surface area is 140 Å². The minimum absolute atomic E-state index is 0.0891. The van der Waals surface area contributed by atoms with E-state index in [2.05, 4.69) is 20.6 Å². The quantitative estimate of drug-likeness (QED) is 0.916. The van der Waals surface area contributed by atoms with Crippen LogP contribution in [0.3, 0.4) is 0 Å². The first kappa shape index (κ1) is 15.6. The van der Waals surface area contributed by atoms with Crippen molar-refractivity contribution in [3.05, 3.63) is 29.8 Å². The lowest BCUT2D eigenvalue weighted by Crippen LogP contribution is -2.34. The van der Waals surface area contributed by atoms with E-state index in [0.29, 0.717) is 24.2 Å². The van der Waals surface area contributed by atoms with Crippen LogP contribution in [0.1, 0.15) is 12.8 Å². The number of hydrogen-bond acceptors (Lipinski definition) is 7. The monoisotopic (exact) mass is 347 g/mol. The average Bonchev–Trinajstić information content (AvgIpc) is 3.05. The number of rotatable bonds is 4. The number of anilines is 1. The van der Waals surface area contributed by atoms with Gasteiger partial charge in [0, 0.05) is 24.8 Å². The summed E-state index contributed by atoms with van der Waals surface area (Å²) in [7, 11) is 1.55. The normalized spacial score (nSPS) is 14.6. The molecule has 118 valence electrons. The van der Waals surface area contributed by atoms with E-state index in [1.165, 1.54) is 28.1 Å². The Morgan fingerprint density at radius 1 is 1.35 bits per heavy atom. The number of amides is 2. The smallest absolute Gasteiger partial charge is 0.271 e. The number of carbonyl (C=O) groups excluding carboxylic acids is 2. The summed E-state index contributed by atoms with van der Waals surface area (Å²) in [5, 5.41) is 15.9. The third kappa shape index (κ3) is 3.74. The summed E-state index contributed by atoms with van der Waals surface area (Å²) in [5.41, 5.74) is 2.69. The molecule has 1 aliphatic heterocycles. The van der Waals surface area contributed by atoms with Gasteiger partial charge >= 0.3 is 0 Å². The Morgan fingerprint density at radius 2 is 2.17 bits per heavy atom. The number of aromatic nitrogens is 2. The van der Waals surface area contributed by atoms with Crippen LogP contribution in [0.5, 0.6) is 0 Å². The molecule has 3 rings (SSSR count). The molecule has 2 amide bonds. The summed E-state index contributed by atoms with van der Waals surface area (Å²) in [6.45, 7) is 0. The largest absolute Gasteiger partial charge is 0.320 e. The second-order valence-electron chi connectivity index (χ2n) is 4.72. The highest BCUT2D eigenvalue weighted by molar-refractivity contribution is 8.01. The minimum atomic E-state index is -0.297. The van der Waals surface area contributed by atoms with E-state index in [4.69, 9.17) is 0 Å². The average molecular weight is 347 g/mol. The lowest BCUT2D eigenvalue weighted by Gasteiger charge is -2.19. The van der Waals surface area contributed by atoms with E-state index in [-0.39, 0.29) is 11.8 Å². The SMILES string of the molecule is CN1N=C(C(=O)Nc2ccccc2Sc2nncs2)CCC1=O. The van der Waals surface area contributed by atoms with Crippen LogP contribution < -0.4 is 5.32 Å². The van der Waals surface area contributed by atoms with Gasteiger partial charge in [-0.05, 0) is 12.1 Å². The molecule has 1 aromatic heterocycles. The van der Waals surface area contributed by atoms with Crippen LogP contribution in [0.25, 0.3) is 0 Å². The van der Waals surface area contributed by atoms with Crippen molar-refractivity contribution in [1.82, 2.24) is 15.2 Å². The van der Waals surface area contributed by atoms with Crippen molar-refractivity contribution in [1.29, 1.82) is 0 Å². The molecule has 0 aliphatic carbocycles. The highest BCUT2D eigenvalue weighted by atomic mass is 32.2. The Morgan fingerprint density at radius 3 is 2.91 bits per heavy atom. The van der Waals surface area contributed by atoms with Crippen molar-refractivity contribution in [2.45, 2.75) is 22.1 Å². The first-order valence-corrected chi connectivity index (χ1v) is 8.51. The van der Waals surface area contributed by atoms with E-state index in [1.54, 1.807) is 12.6 Å². The summed E-state index contributed by atoms with van der Waals surface area (Å²) in [4.78, 5) is 24.7. The van der Waals surface area contributed by atoms with Crippen LogP contribution in [0.15, 0.2) is 44.1 Å². The topological polar surface area (TPSA) is 87.6 Å². The van der Waals surface area contributed by atoms with E-state index >= 15 is 0 Å². The van der Waals surface area contributed by atoms with Crippen LogP contribution in [-0.4, -0.2) is 39.8 Å². The number of nitrogens with one attached hydrogen (secondary N) is 1. The van der Waals surface area contributed by atoms with Gasteiger partial charge in [0.25, 0.3) is 5.91 Å². The zero-order chi connectivity index (χ0) is 16.2. The van der Waals surface area contributed by atoms with Crippen molar-refractivity contribution in [2.24, 2.45) is 5.10 Å². The fourth-order valence-corrected chi connectivity index (χ4v) is 3.51. The van der Waals surface area contributed by atoms with Crippen molar-refractivity contribution in [3.8, 4) is 0 Å². The van der Waals surface area contributed by atoms with Gasteiger partial charge in [-0.1, -0.05) is 35.2 Å². The van der Waals surface area contributed by atoms with Crippen molar-refractivity contribution in [2.75, 3.05) is 12.4 Å². The van der Waals surface area contributed by atoms with Gasteiger partial charge < -0.3 is 5.32 Å². The summed E-state index contributed by atoms with van der Waals surface area (Å²) < 4.78 is 0.798. The van der Waals surface area contributed by atoms with E-state index < -0.39 is 0 Å². The highest BCUT2D eigenvalue weighted by Crippen LogP contribution is 2.33. The van der Waals surface area contributed by atoms with Gasteiger partial charge in [-0.2, -0.15) is 5.10 Å². The number of carbonyl (C=O) groups is 2. The Kier molecular flexibility index (Phi) is 4.68. The highest BCUT2D eigenvalue weighted by Gasteiger charge is 2.22. The number of hydrogen-bond donors (Lipinski definition) is 1. The van der Waals surface area contributed by atoms with Gasteiger partial charge in [0.15, 0.2) is 4.34 Å². The fourth-order valence-electron chi connectivity index (χ4n) is 1.99. The third-order valence-electron chi connectivity index (χ3n) is 3.14. The zero-order valence-electron chi connectivity index (χ0n) is 12.2. The predicted octanol–water partition coefficient (Wildman–Crippen LogP) is 2.24. The summed E-state index contributed by atoms with van der Waals surface area (Å²) in [6.07, 6.45) is 0.644. The molecule has 7 nitrogen and oxygen atoms in total. The van der Waals surface area contributed by atoms with Crippen LogP contribution in [0, 0.1) is 0 Å². The maximum Gasteiger partial charge on any atom is 0.271 e. The molecule has 1 aromatic carbocycles. The predicted molar refractivity (Wildman–Crippen MR) is 88.5 cm³/mol. The standard InChI is InChI=1S/C14H13N5O2S2/c1-19-12(20)7-6-10(18-19)13(21)16-9-4-2-3-5-11(9)23-14-17-15-8-22-14/h2-5,8H,6-7H2,1H3,(H,16,21). The molecule has 1 N–H and O–H groups in total. The van der Waals surface area contributed by atoms with Crippen LogP contribution in [-0.2, 0) is 9.59 Å². The van der Waals surface area contributed by atoms with Gasteiger partial charge in [0.1, 0.15) is 11.2 Å². The molecular formula is C14H13N5O2S2. The molecule has 0 fully saturated rings. The maximum absolute atomic E-state index is 12.4. The van der Waals surface area contributed by atoms with Gasteiger partial charge in [-0.3, -0.25) is 9.59 Å². The number of hydrazone groups is 1. The summed E-state index contributed by atoms with van der Waals surface area (Å²) in [6, 6.07) is 7.46. The number of nitrogens with zero attached hydrogens (tertiary/aromatic N) is 4. The Balaban J connectivity index is 1.76.